The number of fused-ring (bicyclic) bond motifs is 2. The van der Waals surface area contributed by atoms with Crippen molar-refractivity contribution in [2.75, 3.05) is 40.0 Å². The summed E-state index contributed by atoms with van der Waals surface area (Å²) >= 11 is 1.62. The Bertz CT molecular complexity index is 1870. The molecule has 0 atom stereocenters. The van der Waals surface area contributed by atoms with Crippen molar-refractivity contribution in [2.24, 2.45) is 0 Å². The Labute approximate surface area is 264 Å². The van der Waals surface area contributed by atoms with Crippen LogP contribution in [-0.2, 0) is 22.6 Å². The Morgan fingerprint density at radius 2 is 2.00 bits per heavy atom. The second-order valence-electron chi connectivity index (χ2n) is 11.2. The highest BCUT2D eigenvalue weighted by Crippen LogP contribution is 2.46. The normalized spacial score (nSPS) is 15.4. The smallest absolute Gasteiger partial charge is 0.245 e. The van der Waals surface area contributed by atoms with Gasteiger partial charge in [0.15, 0.2) is 0 Å². The molecule has 1 aromatic carbocycles. The maximum Gasteiger partial charge on any atom is 0.245 e. The van der Waals surface area contributed by atoms with Gasteiger partial charge in [-0.3, -0.25) is 14.2 Å². The maximum absolute atomic E-state index is 14.6. The molecule has 10 nitrogen and oxygen atoms in total. The monoisotopic (exact) mass is 627 g/mol. The average molecular weight is 628 g/mol. The van der Waals surface area contributed by atoms with Gasteiger partial charge in [0, 0.05) is 77.9 Å². The van der Waals surface area contributed by atoms with E-state index < -0.39 is 0 Å². The van der Waals surface area contributed by atoms with Crippen molar-refractivity contribution in [3.8, 4) is 39.4 Å². The fourth-order valence-corrected chi connectivity index (χ4v) is 7.22. The third-order valence-electron chi connectivity index (χ3n) is 8.56. The minimum Gasteiger partial charge on any atom is -0.490 e. The molecule has 7 rings (SSSR count). The highest BCUT2D eigenvalue weighted by Gasteiger charge is 2.27. The predicted octanol–water partition coefficient (Wildman–Crippen LogP) is 5.31. The number of amides is 1. The third-order valence-corrected chi connectivity index (χ3v) is 9.49. The topological polar surface area (TPSA) is 99.3 Å². The summed E-state index contributed by atoms with van der Waals surface area (Å²) in [6.45, 7) is 7.96. The first-order valence-corrected chi connectivity index (χ1v) is 16.0. The maximum atomic E-state index is 14.6. The molecule has 6 heterocycles. The molecule has 0 saturated carbocycles. The molecule has 0 radical (unpaired) electrons. The second-order valence-corrected chi connectivity index (χ2v) is 12.1. The number of methoxy groups -OCH3 is 1. The summed E-state index contributed by atoms with van der Waals surface area (Å²) in [6, 6.07) is 6.88. The zero-order chi connectivity index (χ0) is 30.9. The van der Waals surface area contributed by atoms with Crippen molar-refractivity contribution in [3.05, 3.63) is 72.4 Å². The lowest BCUT2D eigenvalue weighted by atomic mass is 9.96. The van der Waals surface area contributed by atoms with Crippen molar-refractivity contribution >= 4 is 27.3 Å². The van der Waals surface area contributed by atoms with Gasteiger partial charge in [0.2, 0.25) is 5.91 Å². The quantitative estimate of drug-likeness (QED) is 0.175. The van der Waals surface area contributed by atoms with Crippen molar-refractivity contribution in [1.29, 1.82) is 0 Å². The van der Waals surface area contributed by atoms with Gasteiger partial charge in [-0.1, -0.05) is 6.58 Å². The van der Waals surface area contributed by atoms with E-state index in [0.29, 0.717) is 32.0 Å². The zero-order valence-corrected chi connectivity index (χ0v) is 25.9. The van der Waals surface area contributed by atoms with E-state index in [0.717, 1.165) is 75.4 Å². The average Bonchev–Trinajstić information content (AvgIpc) is 3.85. The number of thiophene rings is 1. The Morgan fingerprint density at radius 3 is 2.82 bits per heavy atom. The van der Waals surface area contributed by atoms with Crippen molar-refractivity contribution in [1.82, 2.24) is 34.8 Å². The van der Waals surface area contributed by atoms with Crippen LogP contribution in [0.5, 0.6) is 5.75 Å². The van der Waals surface area contributed by atoms with Gasteiger partial charge in [0.25, 0.3) is 0 Å². The van der Waals surface area contributed by atoms with Crippen LogP contribution in [0.2, 0.25) is 0 Å². The number of nitrogens with zero attached hydrogens (tertiary/aromatic N) is 6. The lowest BCUT2D eigenvalue weighted by Crippen LogP contribution is -2.38. The van der Waals surface area contributed by atoms with Gasteiger partial charge in [-0.05, 0) is 42.5 Å². The molecule has 1 amide bonds. The third kappa shape index (κ3) is 5.54. The molecule has 1 saturated heterocycles. The molecule has 2 aliphatic rings. The van der Waals surface area contributed by atoms with Crippen LogP contribution in [0.1, 0.15) is 24.6 Å². The van der Waals surface area contributed by atoms with E-state index in [2.05, 4.69) is 28.4 Å². The number of halogens is 1. The number of rotatable bonds is 9. The summed E-state index contributed by atoms with van der Waals surface area (Å²) in [7, 11) is 1.61. The van der Waals surface area contributed by atoms with Crippen LogP contribution in [0.25, 0.3) is 43.7 Å². The summed E-state index contributed by atoms with van der Waals surface area (Å²) in [5.74, 6) is 0.00439. The molecular weight excluding hydrogens is 593 g/mol. The molecule has 4 aromatic heterocycles. The Hall–Kier alpha value is -4.39. The van der Waals surface area contributed by atoms with Crippen LogP contribution in [0.3, 0.4) is 0 Å². The van der Waals surface area contributed by atoms with Crippen LogP contribution in [0.15, 0.2) is 60.9 Å². The van der Waals surface area contributed by atoms with E-state index >= 15 is 0 Å². The zero-order valence-electron chi connectivity index (χ0n) is 25.0. The largest absolute Gasteiger partial charge is 0.490 e. The lowest BCUT2D eigenvalue weighted by Gasteiger charge is -2.31. The number of hydrogen-bond acceptors (Lipinski definition) is 8. The van der Waals surface area contributed by atoms with E-state index in [1.807, 2.05) is 32.9 Å². The second kappa shape index (κ2) is 12.5. The summed E-state index contributed by atoms with van der Waals surface area (Å²) < 4.78 is 30.9. The van der Waals surface area contributed by atoms with Gasteiger partial charge >= 0.3 is 0 Å². The molecule has 0 aliphatic carbocycles. The molecule has 0 unspecified atom stereocenters. The van der Waals surface area contributed by atoms with E-state index in [9.17, 15) is 9.18 Å². The van der Waals surface area contributed by atoms with Crippen LogP contribution in [-0.4, -0.2) is 75.3 Å². The molecule has 0 spiro atoms. The molecule has 1 fully saturated rings. The number of piperidine rings is 1. The van der Waals surface area contributed by atoms with Gasteiger partial charge < -0.3 is 19.7 Å². The fourth-order valence-electron chi connectivity index (χ4n) is 6.27. The molecule has 45 heavy (non-hydrogen) atoms. The number of nitrogens with one attached hydrogen (secondary N) is 1. The minimum atomic E-state index is -0.382. The predicted molar refractivity (Wildman–Crippen MR) is 172 cm³/mol. The number of aromatic nitrogens is 5. The number of benzene rings is 1. The number of carbonyl (C=O) groups is 1. The lowest BCUT2D eigenvalue weighted by molar-refractivity contribution is -0.127. The van der Waals surface area contributed by atoms with Crippen molar-refractivity contribution in [3.63, 3.8) is 0 Å². The van der Waals surface area contributed by atoms with E-state index in [1.165, 1.54) is 18.2 Å². The van der Waals surface area contributed by atoms with Gasteiger partial charge in [0.05, 0.1) is 48.7 Å². The van der Waals surface area contributed by atoms with E-state index in [4.69, 9.17) is 19.6 Å². The Balaban J connectivity index is 1.37. The minimum absolute atomic E-state index is 0.0411. The highest BCUT2D eigenvalue weighted by atomic mass is 32.1. The standard InChI is InChI=1S/C33H34FN7O3S/c1-3-29(42)39-10-6-23(7-11-39)41-20-21(17-36-41)31-30(24-5-4-22(34)16-28(24)44-14-13-43-2)33-25(8-15-45-33)32(38-31)26-18-37-40-12-9-35-19-27(26)40/h3-5,8,15-18,20,23,35H,1,6-7,9-14,19H2,2H3. The first kappa shape index (κ1) is 29.3. The number of ether oxygens (including phenoxy) is 2. The van der Waals surface area contributed by atoms with Crippen LogP contribution in [0.4, 0.5) is 4.39 Å². The number of carbonyl (C=O) groups excluding carboxylic acids is 1. The molecule has 2 aliphatic heterocycles. The SMILES string of the molecule is C=CC(=O)N1CCC(n2cc(-c3nc(-c4cnn5c4CNCC5)c4ccsc4c3-c3ccc(F)cc3OCCOC)cn2)CC1. The Morgan fingerprint density at radius 1 is 1.13 bits per heavy atom. The van der Waals surface area contributed by atoms with E-state index in [-0.39, 0.29) is 24.4 Å². The Kier molecular flexibility index (Phi) is 8.18. The summed E-state index contributed by atoms with van der Waals surface area (Å²) in [4.78, 5) is 19.3. The van der Waals surface area contributed by atoms with E-state index in [1.54, 1.807) is 24.5 Å². The van der Waals surface area contributed by atoms with Gasteiger partial charge in [-0.15, -0.1) is 11.3 Å². The van der Waals surface area contributed by atoms with Crippen LogP contribution >= 0.6 is 11.3 Å². The first-order valence-electron chi connectivity index (χ1n) is 15.1. The van der Waals surface area contributed by atoms with Gasteiger partial charge in [0.1, 0.15) is 18.2 Å². The highest BCUT2D eigenvalue weighted by molar-refractivity contribution is 7.18. The number of pyridine rings is 1. The first-order chi connectivity index (χ1) is 22.1. The van der Waals surface area contributed by atoms with Crippen LogP contribution < -0.4 is 10.1 Å². The summed E-state index contributed by atoms with van der Waals surface area (Å²) in [5, 5.41) is 16.0. The molecule has 5 aromatic rings. The molecule has 12 heteroatoms. The summed E-state index contributed by atoms with van der Waals surface area (Å²) in [6.07, 6.45) is 8.75. The molecule has 0 bridgehead atoms. The van der Waals surface area contributed by atoms with Gasteiger partial charge in [-0.25, -0.2) is 9.37 Å². The molecular formula is C33H34FN7O3S. The van der Waals surface area contributed by atoms with Crippen molar-refractivity contribution < 1.29 is 18.7 Å². The fraction of sp³-hybridized carbons (Fsp3) is 0.333. The van der Waals surface area contributed by atoms with Gasteiger partial charge in [-0.2, -0.15) is 10.2 Å². The number of likely N-dealkylation sites (tertiary alicyclic amines) is 1. The summed E-state index contributed by atoms with van der Waals surface area (Å²) in [5.41, 5.74) is 6.12. The molecule has 1 N–H and O–H groups in total. The van der Waals surface area contributed by atoms with Crippen molar-refractivity contribution in [2.45, 2.75) is 32.0 Å². The number of hydrogen-bond donors (Lipinski definition) is 1. The van der Waals surface area contributed by atoms with Crippen LogP contribution in [0, 0.1) is 5.82 Å². The molecule has 232 valence electrons.